The van der Waals surface area contributed by atoms with Gasteiger partial charge in [0.2, 0.25) is 0 Å². The molecule has 16 heavy (non-hydrogen) atoms. The fraction of sp³-hybridized carbons (Fsp3) is 1.00. The first-order chi connectivity index (χ1) is 7.49. The summed E-state index contributed by atoms with van der Waals surface area (Å²) in [5.41, 5.74) is 0.320. The third kappa shape index (κ3) is 5.83. The van der Waals surface area contributed by atoms with Crippen LogP contribution in [-0.4, -0.2) is 62.2 Å². The Morgan fingerprint density at radius 1 is 1.25 bits per heavy atom. The van der Waals surface area contributed by atoms with E-state index in [0.717, 1.165) is 6.54 Å². The highest BCUT2D eigenvalue weighted by atomic mass is 15.1. The van der Waals surface area contributed by atoms with E-state index in [0.29, 0.717) is 5.54 Å². The third-order valence-electron chi connectivity index (χ3n) is 3.39. The van der Waals surface area contributed by atoms with Crippen LogP contribution in [0.3, 0.4) is 0 Å². The van der Waals surface area contributed by atoms with Gasteiger partial charge < -0.3 is 15.1 Å². The van der Waals surface area contributed by atoms with E-state index in [-0.39, 0.29) is 0 Å². The average molecular weight is 227 g/mol. The molecule has 0 aromatic rings. The van der Waals surface area contributed by atoms with Gasteiger partial charge in [-0.25, -0.2) is 0 Å². The molecule has 3 nitrogen and oxygen atoms in total. The van der Waals surface area contributed by atoms with Crippen LogP contribution in [0.1, 0.15) is 33.1 Å². The molecule has 1 fully saturated rings. The monoisotopic (exact) mass is 227 g/mol. The van der Waals surface area contributed by atoms with Crippen molar-refractivity contribution >= 4 is 0 Å². The number of nitrogens with zero attached hydrogens (tertiary/aromatic N) is 2. The molecule has 3 heteroatoms. The van der Waals surface area contributed by atoms with Gasteiger partial charge in [-0.05, 0) is 79.9 Å². The fourth-order valence-electron chi connectivity index (χ4n) is 2.20. The lowest BCUT2D eigenvalue weighted by molar-refractivity contribution is 0.197. The summed E-state index contributed by atoms with van der Waals surface area (Å²) in [7, 11) is 4.31. The van der Waals surface area contributed by atoms with E-state index in [1.807, 2.05) is 0 Å². The SMILES string of the molecule is CN(C)CCCN1CCCNC(C)(C)CC1. The molecule has 96 valence electrons. The summed E-state index contributed by atoms with van der Waals surface area (Å²) < 4.78 is 0. The van der Waals surface area contributed by atoms with Gasteiger partial charge in [-0.2, -0.15) is 0 Å². The predicted molar refractivity (Wildman–Crippen MR) is 70.9 cm³/mol. The number of rotatable bonds is 4. The maximum absolute atomic E-state index is 3.62. The molecule has 1 aliphatic heterocycles. The van der Waals surface area contributed by atoms with Crippen LogP contribution >= 0.6 is 0 Å². The second kappa shape index (κ2) is 6.58. The van der Waals surface area contributed by atoms with Gasteiger partial charge in [0.15, 0.2) is 0 Å². The predicted octanol–water partition coefficient (Wildman–Crippen LogP) is 1.40. The minimum atomic E-state index is 0.320. The Balaban J connectivity index is 2.25. The van der Waals surface area contributed by atoms with E-state index in [9.17, 15) is 0 Å². The Kier molecular flexibility index (Phi) is 5.73. The van der Waals surface area contributed by atoms with Crippen molar-refractivity contribution in [2.75, 3.05) is 46.8 Å². The van der Waals surface area contributed by atoms with Gasteiger partial charge in [0.1, 0.15) is 0 Å². The van der Waals surface area contributed by atoms with E-state index in [1.54, 1.807) is 0 Å². The van der Waals surface area contributed by atoms with E-state index in [1.165, 1.54) is 45.4 Å². The van der Waals surface area contributed by atoms with Gasteiger partial charge in [0, 0.05) is 5.54 Å². The fourth-order valence-corrected chi connectivity index (χ4v) is 2.20. The van der Waals surface area contributed by atoms with E-state index >= 15 is 0 Å². The molecule has 0 bridgehead atoms. The molecule has 0 amide bonds. The Morgan fingerprint density at radius 3 is 2.69 bits per heavy atom. The van der Waals surface area contributed by atoms with Crippen LogP contribution in [0, 0.1) is 0 Å². The van der Waals surface area contributed by atoms with Crippen LogP contribution in [0.15, 0.2) is 0 Å². The highest BCUT2D eigenvalue weighted by molar-refractivity contribution is 4.81. The van der Waals surface area contributed by atoms with Crippen LogP contribution < -0.4 is 5.32 Å². The molecule has 0 radical (unpaired) electrons. The smallest absolute Gasteiger partial charge is 0.0137 e. The quantitative estimate of drug-likeness (QED) is 0.783. The molecule has 1 saturated heterocycles. The van der Waals surface area contributed by atoms with Crippen molar-refractivity contribution in [1.82, 2.24) is 15.1 Å². The first-order valence-corrected chi connectivity index (χ1v) is 6.62. The highest BCUT2D eigenvalue weighted by Gasteiger charge is 2.20. The van der Waals surface area contributed by atoms with Crippen LogP contribution in [0.2, 0.25) is 0 Å². The van der Waals surface area contributed by atoms with Crippen molar-refractivity contribution in [3.63, 3.8) is 0 Å². The summed E-state index contributed by atoms with van der Waals surface area (Å²) in [5, 5.41) is 3.62. The number of nitrogens with one attached hydrogen (secondary N) is 1. The molecule has 1 aliphatic rings. The Hall–Kier alpha value is -0.120. The summed E-state index contributed by atoms with van der Waals surface area (Å²) in [6, 6.07) is 0. The van der Waals surface area contributed by atoms with Crippen molar-refractivity contribution in [2.45, 2.75) is 38.6 Å². The summed E-state index contributed by atoms with van der Waals surface area (Å²) >= 11 is 0. The summed E-state index contributed by atoms with van der Waals surface area (Å²) in [6.45, 7) is 10.8. The van der Waals surface area contributed by atoms with Gasteiger partial charge in [-0.15, -0.1) is 0 Å². The molecule has 0 aromatic carbocycles. The second-order valence-corrected chi connectivity index (χ2v) is 5.91. The Labute approximate surface area is 101 Å². The third-order valence-corrected chi connectivity index (χ3v) is 3.39. The standard InChI is InChI=1S/C13H29N3/c1-13(2)7-12-16(10-5-8-14-13)11-6-9-15(3)4/h14H,5-12H2,1-4H3. The minimum absolute atomic E-state index is 0.320. The normalized spacial score (nSPS) is 23.1. The topological polar surface area (TPSA) is 18.5 Å². The molecule has 0 unspecified atom stereocenters. The number of hydrogen-bond acceptors (Lipinski definition) is 3. The first kappa shape index (κ1) is 13.9. The van der Waals surface area contributed by atoms with Crippen LogP contribution in [0.25, 0.3) is 0 Å². The van der Waals surface area contributed by atoms with Crippen molar-refractivity contribution in [3.8, 4) is 0 Å². The Bertz CT molecular complexity index is 190. The largest absolute Gasteiger partial charge is 0.312 e. The highest BCUT2D eigenvalue weighted by Crippen LogP contribution is 2.12. The van der Waals surface area contributed by atoms with Crippen molar-refractivity contribution in [3.05, 3.63) is 0 Å². The van der Waals surface area contributed by atoms with Gasteiger partial charge in [-0.1, -0.05) is 0 Å². The van der Waals surface area contributed by atoms with Gasteiger partial charge in [-0.3, -0.25) is 0 Å². The van der Waals surface area contributed by atoms with Gasteiger partial charge in [0.25, 0.3) is 0 Å². The zero-order chi connectivity index (χ0) is 12.0. The first-order valence-electron chi connectivity index (χ1n) is 6.62. The second-order valence-electron chi connectivity index (χ2n) is 5.91. The van der Waals surface area contributed by atoms with Crippen LogP contribution in [-0.2, 0) is 0 Å². The molecule has 0 spiro atoms. The molecular weight excluding hydrogens is 198 g/mol. The van der Waals surface area contributed by atoms with E-state index in [4.69, 9.17) is 0 Å². The number of hydrogen-bond donors (Lipinski definition) is 1. The van der Waals surface area contributed by atoms with Gasteiger partial charge >= 0.3 is 0 Å². The van der Waals surface area contributed by atoms with Gasteiger partial charge in [0.05, 0.1) is 0 Å². The minimum Gasteiger partial charge on any atom is -0.312 e. The van der Waals surface area contributed by atoms with Crippen molar-refractivity contribution < 1.29 is 0 Å². The van der Waals surface area contributed by atoms with E-state index in [2.05, 4.69) is 43.1 Å². The van der Waals surface area contributed by atoms with E-state index < -0.39 is 0 Å². The Morgan fingerprint density at radius 2 is 2.00 bits per heavy atom. The molecule has 0 saturated carbocycles. The molecule has 1 heterocycles. The lowest BCUT2D eigenvalue weighted by Crippen LogP contribution is -2.46. The summed E-state index contributed by atoms with van der Waals surface area (Å²) in [5.74, 6) is 0. The lowest BCUT2D eigenvalue weighted by Gasteiger charge is -2.34. The maximum atomic E-state index is 3.62. The molecule has 1 N–H and O–H groups in total. The molecule has 1 rings (SSSR count). The zero-order valence-electron chi connectivity index (χ0n) is 11.6. The van der Waals surface area contributed by atoms with Crippen molar-refractivity contribution in [2.24, 2.45) is 0 Å². The average Bonchev–Trinajstić information content (AvgIpc) is 2.17. The maximum Gasteiger partial charge on any atom is 0.0137 e. The van der Waals surface area contributed by atoms with Crippen LogP contribution in [0.5, 0.6) is 0 Å². The zero-order valence-corrected chi connectivity index (χ0v) is 11.6. The molecule has 0 aromatic heterocycles. The van der Waals surface area contributed by atoms with Crippen LogP contribution in [0.4, 0.5) is 0 Å². The molecular formula is C13H29N3. The van der Waals surface area contributed by atoms with Crippen molar-refractivity contribution in [1.29, 1.82) is 0 Å². The summed E-state index contributed by atoms with van der Waals surface area (Å²) in [6.07, 6.45) is 3.83. The lowest BCUT2D eigenvalue weighted by atomic mass is 9.99. The molecule has 0 aliphatic carbocycles. The molecule has 0 atom stereocenters. The summed E-state index contributed by atoms with van der Waals surface area (Å²) in [4.78, 5) is 4.90.